The Morgan fingerprint density at radius 1 is 1.21 bits per heavy atom. The maximum atomic E-state index is 11.4. The van der Waals surface area contributed by atoms with E-state index in [1.165, 1.54) is 0 Å². The predicted octanol–water partition coefficient (Wildman–Crippen LogP) is 1.93. The maximum absolute atomic E-state index is 11.4. The molecule has 118 valence electrons. The molecule has 0 radical (unpaired) electrons. The number of imidazole rings is 1. The van der Waals surface area contributed by atoms with Crippen molar-refractivity contribution in [2.24, 2.45) is 5.73 Å². The van der Waals surface area contributed by atoms with E-state index in [9.17, 15) is 4.79 Å². The van der Waals surface area contributed by atoms with Gasteiger partial charge in [0.25, 0.3) is 5.91 Å². The highest BCUT2D eigenvalue weighted by atomic mass is 16.1. The second kappa shape index (κ2) is 5.02. The lowest BCUT2D eigenvalue weighted by molar-refractivity contribution is 0.0996. The van der Waals surface area contributed by atoms with Crippen molar-refractivity contribution >= 4 is 28.0 Å². The molecule has 7 nitrogen and oxygen atoms in total. The van der Waals surface area contributed by atoms with Crippen LogP contribution in [0.2, 0.25) is 0 Å². The molecule has 4 aromatic rings. The van der Waals surface area contributed by atoms with E-state index in [4.69, 9.17) is 11.5 Å². The standard InChI is InChI=1S/C17H14N6O/c1-9-2-3-12-14(18)16(17(19)24)22-21-15(12)13(9)10-4-5-23-8-20-7-11(23)6-10/h2-8H,1H3,(H2,18,21)(H2,19,24). The van der Waals surface area contributed by atoms with Gasteiger partial charge in [-0.2, -0.15) is 0 Å². The van der Waals surface area contributed by atoms with Gasteiger partial charge in [0, 0.05) is 17.1 Å². The lowest BCUT2D eigenvalue weighted by Crippen LogP contribution is -2.16. The molecule has 0 bridgehead atoms. The van der Waals surface area contributed by atoms with Crippen molar-refractivity contribution < 1.29 is 4.79 Å². The summed E-state index contributed by atoms with van der Waals surface area (Å²) < 4.78 is 1.93. The van der Waals surface area contributed by atoms with E-state index >= 15 is 0 Å². The quantitative estimate of drug-likeness (QED) is 0.586. The molecule has 3 heterocycles. The highest BCUT2D eigenvalue weighted by Gasteiger charge is 2.16. The zero-order valence-electron chi connectivity index (χ0n) is 12.9. The van der Waals surface area contributed by atoms with E-state index in [1.54, 1.807) is 12.5 Å². The predicted molar refractivity (Wildman–Crippen MR) is 91.4 cm³/mol. The lowest BCUT2D eigenvalue weighted by Gasteiger charge is -2.12. The molecule has 0 fully saturated rings. The molecule has 24 heavy (non-hydrogen) atoms. The Morgan fingerprint density at radius 2 is 2.04 bits per heavy atom. The Morgan fingerprint density at radius 3 is 2.83 bits per heavy atom. The Hall–Kier alpha value is -3.48. The van der Waals surface area contributed by atoms with Gasteiger partial charge in [0.05, 0.1) is 23.7 Å². The number of benzene rings is 1. The number of carbonyl (C=O) groups excluding carboxylic acids is 1. The zero-order chi connectivity index (χ0) is 16.8. The average Bonchev–Trinajstić information content (AvgIpc) is 3.02. The number of fused-ring (bicyclic) bond motifs is 2. The van der Waals surface area contributed by atoms with Crippen LogP contribution < -0.4 is 11.5 Å². The molecule has 1 aromatic carbocycles. The van der Waals surface area contributed by atoms with Crippen LogP contribution >= 0.6 is 0 Å². The number of nitrogens with two attached hydrogens (primary N) is 2. The second-order valence-corrected chi connectivity index (χ2v) is 5.62. The van der Waals surface area contributed by atoms with Crippen LogP contribution in [0.5, 0.6) is 0 Å². The van der Waals surface area contributed by atoms with E-state index < -0.39 is 5.91 Å². The van der Waals surface area contributed by atoms with Gasteiger partial charge in [0.15, 0.2) is 5.69 Å². The number of pyridine rings is 1. The Balaban J connectivity index is 2.05. The molecule has 7 heteroatoms. The first-order chi connectivity index (χ1) is 11.6. The monoisotopic (exact) mass is 318 g/mol. The number of primary amides is 1. The van der Waals surface area contributed by atoms with E-state index in [-0.39, 0.29) is 11.4 Å². The third-order valence-corrected chi connectivity index (χ3v) is 4.12. The molecule has 0 aliphatic heterocycles. The fourth-order valence-electron chi connectivity index (χ4n) is 2.92. The van der Waals surface area contributed by atoms with Gasteiger partial charge >= 0.3 is 0 Å². The smallest absolute Gasteiger partial charge is 0.271 e. The number of aromatic nitrogens is 4. The minimum atomic E-state index is -0.690. The molecule has 0 aliphatic rings. The van der Waals surface area contributed by atoms with Crippen LogP contribution in [0.15, 0.2) is 43.0 Å². The first kappa shape index (κ1) is 14.1. The summed E-state index contributed by atoms with van der Waals surface area (Å²) in [6.45, 7) is 2.00. The van der Waals surface area contributed by atoms with Crippen LogP contribution in [0.4, 0.5) is 5.69 Å². The molecule has 0 aliphatic carbocycles. The summed E-state index contributed by atoms with van der Waals surface area (Å²) in [6.07, 6.45) is 5.46. The molecule has 0 atom stereocenters. The molecule has 3 aromatic heterocycles. The minimum absolute atomic E-state index is 0.0106. The van der Waals surface area contributed by atoms with Crippen LogP contribution in [0.25, 0.3) is 27.5 Å². The number of rotatable bonds is 2. The van der Waals surface area contributed by atoms with Crippen LogP contribution in [-0.4, -0.2) is 25.5 Å². The lowest BCUT2D eigenvalue weighted by atomic mass is 9.97. The molecule has 0 spiro atoms. The van der Waals surface area contributed by atoms with Gasteiger partial charge in [-0.05, 0) is 30.2 Å². The second-order valence-electron chi connectivity index (χ2n) is 5.62. The van der Waals surface area contributed by atoms with Crippen molar-refractivity contribution in [1.82, 2.24) is 19.6 Å². The van der Waals surface area contributed by atoms with Crippen molar-refractivity contribution in [2.75, 3.05) is 5.73 Å². The molecule has 0 unspecified atom stereocenters. The molecule has 0 saturated carbocycles. The Labute approximate surface area is 136 Å². The first-order valence-corrected chi connectivity index (χ1v) is 7.33. The Kier molecular flexibility index (Phi) is 2.96. The topological polar surface area (TPSA) is 112 Å². The van der Waals surface area contributed by atoms with E-state index in [0.717, 1.165) is 22.2 Å². The van der Waals surface area contributed by atoms with E-state index in [2.05, 4.69) is 15.2 Å². The summed E-state index contributed by atoms with van der Waals surface area (Å²) in [5.41, 5.74) is 16.2. The van der Waals surface area contributed by atoms with Crippen LogP contribution in [0.1, 0.15) is 16.1 Å². The molecule has 0 saturated heterocycles. The number of hydrogen-bond donors (Lipinski definition) is 2. The van der Waals surface area contributed by atoms with Gasteiger partial charge in [-0.1, -0.05) is 12.1 Å². The third kappa shape index (κ3) is 1.98. The first-order valence-electron chi connectivity index (χ1n) is 7.33. The number of nitrogen functional groups attached to an aromatic ring is 1. The number of hydrogen-bond acceptors (Lipinski definition) is 5. The van der Waals surface area contributed by atoms with Crippen molar-refractivity contribution in [3.8, 4) is 11.1 Å². The highest BCUT2D eigenvalue weighted by Crippen LogP contribution is 2.33. The summed E-state index contributed by atoms with van der Waals surface area (Å²) in [7, 11) is 0. The molecule has 4 rings (SSSR count). The molecule has 1 amide bonds. The number of amides is 1. The van der Waals surface area contributed by atoms with Crippen LogP contribution in [0, 0.1) is 6.92 Å². The highest BCUT2D eigenvalue weighted by molar-refractivity contribution is 6.07. The normalized spacial score (nSPS) is 11.2. The van der Waals surface area contributed by atoms with Gasteiger partial charge in [0.2, 0.25) is 0 Å². The van der Waals surface area contributed by atoms with Crippen LogP contribution in [-0.2, 0) is 0 Å². The average molecular weight is 318 g/mol. The van der Waals surface area contributed by atoms with Crippen molar-refractivity contribution in [3.05, 3.63) is 54.2 Å². The van der Waals surface area contributed by atoms with Crippen molar-refractivity contribution in [1.29, 1.82) is 0 Å². The summed E-state index contributed by atoms with van der Waals surface area (Å²) in [5.74, 6) is -0.690. The van der Waals surface area contributed by atoms with E-state index in [0.29, 0.717) is 10.9 Å². The summed E-state index contributed by atoms with van der Waals surface area (Å²) in [4.78, 5) is 15.6. The minimum Gasteiger partial charge on any atom is -0.396 e. The number of nitrogens with zero attached hydrogens (tertiary/aromatic N) is 4. The molecular formula is C17H14N6O. The van der Waals surface area contributed by atoms with Crippen molar-refractivity contribution in [3.63, 3.8) is 0 Å². The molecule has 4 N–H and O–H groups in total. The third-order valence-electron chi connectivity index (χ3n) is 4.12. The Bertz CT molecular complexity index is 1110. The SMILES string of the molecule is Cc1ccc2c(N)c(C(N)=O)nnc2c1-c1ccn2cncc2c1. The number of carbonyl (C=O) groups is 1. The van der Waals surface area contributed by atoms with Gasteiger partial charge in [-0.25, -0.2) is 4.98 Å². The van der Waals surface area contributed by atoms with E-state index in [1.807, 2.05) is 41.8 Å². The molecular weight excluding hydrogens is 304 g/mol. The van der Waals surface area contributed by atoms with Gasteiger partial charge in [0.1, 0.15) is 5.52 Å². The summed E-state index contributed by atoms with van der Waals surface area (Å²) in [6, 6.07) is 7.79. The van der Waals surface area contributed by atoms with Gasteiger partial charge in [-0.15, -0.1) is 10.2 Å². The largest absolute Gasteiger partial charge is 0.396 e. The fraction of sp³-hybridized carbons (Fsp3) is 0.0588. The zero-order valence-corrected chi connectivity index (χ0v) is 12.9. The maximum Gasteiger partial charge on any atom is 0.271 e. The fourth-order valence-corrected chi connectivity index (χ4v) is 2.92. The summed E-state index contributed by atoms with van der Waals surface area (Å²) >= 11 is 0. The number of anilines is 1. The summed E-state index contributed by atoms with van der Waals surface area (Å²) in [5, 5.41) is 8.79. The van der Waals surface area contributed by atoms with Crippen LogP contribution in [0.3, 0.4) is 0 Å². The van der Waals surface area contributed by atoms with Crippen molar-refractivity contribution in [2.45, 2.75) is 6.92 Å². The number of aryl methyl sites for hydroxylation is 1. The van der Waals surface area contributed by atoms with Gasteiger partial charge in [-0.3, -0.25) is 4.79 Å². The van der Waals surface area contributed by atoms with Gasteiger partial charge < -0.3 is 15.9 Å².